The molecule has 1 heterocycles. The number of hydrogen-bond acceptors (Lipinski definition) is 3. The van der Waals surface area contributed by atoms with Crippen LogP contribution in [0.5, 0.6) is 5.75 Å². The lowest BCUT2D eigenvalue weighted by atomic mass is 10.0. The number of benzene rings is 2. The largest absolute Gasteiger partial charge is 0.490 e. The molecule has 0 radical (unpaired) electrons. The Morgan fingerprint density at radius 3 is 2.37 bits per heavy atom. The van der Waals surface area contributed by atoms with Crippen LogP contribution in [0.2, 0.25) is 0 Å². The first-order valence-corrected chi connectivity index (χ1v) is 9.13. The molecule has 0 amide bonds. The summed E-state index contributed by atoms with van der Waals surface area (Å²) in [6.45, 7) is 9.25. The minimum absolute atomic E-state index is 0.461. The number of imidazole rings is 1. The van der Waals surface area contributed by atoms with Crippen LogP contribution in [0.3, 0.4) is 0 Å². The summed E-state index contributed by atoms with van der Waals surface area (Å²) in [4.78, 5) is 4.15. The molecular weight excluding hydrogens is 336 g/mol. The number of hydrogen-bond donors (Lipinski definition) is 0. The number of rotatable bonds is 7. The number of aryl methyl sites for hydroxylation is 3. The van der Waals surface area contributed by atoms with Gasteiger partial charge < -0.3 is 14.0 Å². The molecule has 0 saturated carbocycles. The van der Waals surface area contributed by atoms with Gasteiger partial charge in [0.1, 0.15) is 24.7 Å². The normalized spacial score (nSPS) is 11.9. The smallest absolute Gasteiger partial charge is 0.146 e. The number of ether oxygens (including phenoxy) is 2. The lowest BCUT2D eigenvalue weighted by Gasteiger charge is -2.17. The van der Waals surface area contributed by atoms with Crippen LogP contribution in [0.1, 0.15) is 29.2 Å². The molecule has 140 valence electrons. The van der Waals surface area contributed by atoms with Crippen LogP contribution >= 0.6 is 0 Å². The van der Waals surface area contributed by atoms with E-state index in [1.807, 2.05) is 42.0 Å². The number of allylic oxidation sites excluding steroid dienone is 1. The molecule has 3 aromatic rings. The predicted octanol–water partition coefficient (Wildman–Crippen LogP) is 5.25. The second-order valence-electron chi connectivity index (χ2n) is 6.71. The third-order valence-corrected chi connectivity index (χ3v) is 4.47. The van der Waals surface area contributed by atoms with Crippen molar-refractivity contribution in [1.29, 1.82) is 0 Å². The van der Waals surface area contributed by atoms with Gasteiger partial charge in [-0.3, -0.25) is 0 Å². The molecule has 4 nitrogen and oxygen atoms in total. The van der Waals surface area contributed by atoms with Gasteiger partial charge in [-0.1, -0.05) is 41.5 Å². The van der Waals surface area contributed by atoms with E-state index in [0.29, 0.717) is 13.2 Å². The van der Waals surface area contributed by atoms with E-state index >= 15 is 0 Å². The van der Waals surface area contributed by atoms with Gasteiger partial charge in [-0.05, 0) is 45.4 Å². The summed E-state index contributed by atoms with van der Waals surface area (Å²) in [7, 11) is 0. The third kappa shape index (κ3) is 4.79. The molecule has 0 fully saturated rings. The molecule has 3 rings (SSSR count). The molecule has 0 bridgehead atoms. The Morgan fingerprint density at radius 1 is 0.963 bits per heavy atom. The van der Waals surface area contributed by atoms with Crippen LogP contribution in [-0.4, -0.2) is 22.8 Å². The zero-order valence-corrected chi connectivity index (χ0v) is 16.4. The van der Waals surface area contributed by atoms with Gasteiger partial charge in [-0.25, -0.2) is 4.98 Å². The van der Waals surface area contributed by atoms with E-state index in [0.717, 1.165) is 22.8 Å². The average Bonchev–Trinajstić information content (AvgIpc) is 3.18. The van der Waals surface area contributed by atoms with Gasteiger partial charge in [0.05, 0.1) is 12.0 Å². The highest BCUT2D eigenvalue weighted by Gasteiger charge is 2.12. The van der Waals surface area contributed by atoms with Crippen molar-refractivity contribution in [2.24, 2.45) is 0 Å². The number of aromatic nitrogens is 2. The quantitative estimate of drug-likeness (QED) is 0.425. The zero-order valence-electron chi connectivity index (χ0n) is 16.4. The van der Waals surface area contributed by atoms with Crippen molar-refractivity contribution in [3.8, 4) is 5.75 Å². The Bertz CT molecular complexity index is 910. The molecule has 0 N–H and O–H groups in total. The first kappa shape index (κ1) is 18.8. The van der Waals surface area contributed by atoms with Crippen LogP contribution in [0, 0.1) is 20.8 Å². The van der Waals surface area contributed by atoms with E-state index in [-0.39, 0.29) is 0 Å². The molecule has 1 aromatic heterocycles. The van der Waals surface area contributed by atoms with Crippen molar-refractivity contribution in [3.05, 3.63) is 83.4 Å². The molecule has 4 heteroatoms. The van der Waals surface area contributed by atoms with E-state index in [2.05, 4.69) is 44.0 Å². The van der Waals surface area contributed by atoms with Gasteiger partial charge in [-0.15, -0.1) is 0 Å². The van der Waals surface area contributed by atoms with Gasteiger partial charge in [0.2, 0.25) is 0 Å². The molecule has 0 saturated heterocycles. The van der Waals surface area contributed by atoms with Gasteiger partial charge in [0.15, 0.2) is 0 Å². The highest BCUT2D eigenvalue weighted by molar-refractivity contribution is 5.79. The van der Waals surface area contributed by atoms with Crippen molar-refractivity contribution < 1.29 is 9.47 Å². The maximum Gasteiger partial charge on any atom is 0.146 e. The first-order valence-electron chi connectivity index (χ1n) is 9.13. The molecule has 0 aliphatic rings. The minimum Gasteiger partial charge on any atom is -0.490 e. The summed E-state index contributed by atoms with van der Waals surface area (Å²) < 4.78 is 14.0. The molecule has 27 heavy (non-hydrogen) atoms. The Balaban J connectivity index is 1.76. The van der Waals surface area contributed by atoms with E-state index in [4.69, 9.17) is 9.47 Å². The fourth-order valence-electron chi connectivity index (χ4n) is 2.96. The second kappa shape index (κ2) is 8.58. The van der Waals surface area contributed by atoms with Crippen molar-refractivity contribution in [3.63, 3.8) is 0 Å². The molecular formula is C23H26N2O2. The zero-order chi connectivity index (χ0) is 19.2. The summed E-state index contributed by atoms with van der Waals surface area (Å²) in [6.07, 6.45) is 5.47. The van der Waals surface area contributed by atoms with E-state index < -0.39 is 0 Å². The molecule has 0 aliphatic carbocycles. The summed E-state index contributed by atoms with van der Waals surface area (Å²) in [6, 6.07) is 14.4. The fraction of sp³-hybridized carbons (Fsp3) is 0.261. The van der Waals surface area contributed by atoms with Gasteiger partial charge in [0, 0.05) is 18.0 Å². The van der Waals surface area contributed by atoms with Crippen LogP contribution in [0.25, 0.3) is 11.5 Å². The monoisotopic (exact) mass is 362 g/mol. The summed E-state index contributed by atoms with van der Waals surface area (Å²) >= 11 is 0. The van der Waals surface area contributed by atoms with Gasteiger partial charge in [0.25, 0.3) is 0 Å². The highest BCUT2D eigenvalue weighted by atomic mass is 16.5. The molecule has 2 aromatic carbocycles. The Morgan fingerprint density at radius 2 is 1.70 bits per heavy atom. The standard InChI is InChI=1S/C23H26N2O2/c1-17-5-8-21(9-6-17)26-13-14-27-23(20(4)25-12-11-24-16-25)22-10-7-18(2)15-19(22)3/h5-12,15-16H,13-14H2,1-4H3/b23-20-. The van der Waals surface area contributed by atoms with Crippen LogP contribution < -0.4 is 4.74 Å². The average molecular weight is 362 g/mol. The van der Waals surface area contributed by atoms with Crippen LogP contribution in [0.4, 0.5) is 0 Å². The predicted molar refractivity (Wildman–Crippen MR) is 110 cm³/mol. The summed E-state index contributed by atoms with van der Waals surface area (Å²) in [5.74, 6) is 1.70. The fourth-order valence-corrected chi connectivity index (χ4v) is 2.96. The SMILES string of the molecule is C/C(=C(/OCCOc1ccc(C)cc1)c1ccc(C)cc1C)n1ccnc1. The maximum absolute atomic E-state index is 6.19. The lowest BCUT2D eigenvalue weighted by Crippen LogP contribution is -2.09. The molecule has 0 spiro atoms. The summed E-state index contributed by atoms with van der Waals surface area (Å²) in [5, 5.41) is 0. The first-order chi connectivity index (χ1) is 13.0. The molecule has 0 aliphatic heterocycles. The molecule has 0 atom stereocenters. The lowest BCUT2D eigenvalue weighted by molar-refractivity contribution is 0.195. The van der Waals surface area contributed by atoms with E-state index in [9.17, 15) is 0 Å². The van der Waals surface area contributed by atoms with Crippen LogP contribution in [-0.2, 0) is 4.74 Å². The van der Waals surface area contributed by atoms with E-state index in [1.165, 1.54) is 16.7 Å². The maximum atomic E-state index is 6.19. The minimum atomic E-state index is 0.461. The Labute approximate surface area is 161 Å². The van der Waals surface area contributed by atoms with Crippen molar-refractivity contribution in [2.45, 2.75) is 27.7 Å². The topological polar surface area (TPSA) is 36.3 Å². The van der Waals surface area contributed by atoms with Crippen molar-refractivity contribution >= 4 is 11.5 Å². The second-order valence-corrected chi connectivity index (χ2v) is 6.71. The van der Waals surface area contributed by atoms with Crippen molar-refractivity contribution in [1.82, 2.24) is 9.55 Å². The van der Waals surface area contributed by atoms with Gasteiger partial charge in [-0.2, -0.15) is 0 Å². The van der Waals surface area contributed by atoms with Crippen LogP contribution in [0.15, 0.2) is 61.2 Å². The highest BCUT2D eigenvalue weighted by Crippen LogP contribution is 2.26. The Hall–Kier alpha value is -3.01. The van der Waals surface area contributed by atoms with Gasteiger partial charge >= 0.3 is 0 Å². The summed E-state index contributed by atoms with van der Waals surface area (Å²) in [5.41, 5.74) is 5.72. The Kier molecular flexibility index (Phi) is 5.97. The van der Waals surface area contributed by atoms with E-state index in [1.54, 1.807) is 12.5 Å². The van der Waals surface area contributed by atoms with Crippen molar-refractivity contribution in [2.75, 3.05) is 13.2 Å². The molecule has 0 unspecified atom stereocenters. The third-order valence-electron chi connectivity index (χ3n) is 4.47. The number of nitrogens with zero attached hydrogens (tertiary/aromatic N) is 2.